The Kier molecular flexibility index (Phi) is 4.64. The van der Waals surface area contributed by atoms with Crippen molar-refractivity contribution in [1.82, 2.24) is 9.97 Å². The predicted molar refractivity (Wildman–Crippen MR) is 89.9 cm³/mol. The molecule has 0 aliphatic heterocycles. The Hall–Kier alpha value is -2.22. The van der Waals surface area contributed by atoms with E-state index in [0.29, 0.717) is 16.7 Å². The van der Waals surface area contributed by atoms with E-state index in [9.17, 15) is 17.4 Å². The van der Waals surface area contributed by atoms with Crippen molar-refractivity contribution in [3.8, 4) is 0 Å². The number of alkyl halides is 3. The predicted octanol–water partition coefficient (Wildman–Crippen LogP) is 4.48. The van der Waals surface area contributed by atoms with Crippen molar-refractivity contribution in [3.05, 3.63) is 52.9 Å². The molecular formula is C17H15F3N2O2S. The van der Waals surface area contributed by atoms with Gasteiger partial charge in [-0.15, -0.1) is 0 Å². The number of rotatable bonds is 3. The summed E-state index contributed by atoms with van der Waals surface area (Å²) in [5, 5.41) is 0. The summed E-state index contributed by atoms with van der Waals surface area (Å²) in [6, 6.07) is 0.892. The van der Waals surface area contributed by atoms with E-state index in [4.69, 9.17) is 4.42 Å². The van der Waals surface area contributed by atoms with E-state index < -0.39 is 22.5 Å². The van der Waals surface area contributed by atoms with E-state index in [1.807, 2.05) is 25.2 Å². The molecule has 4 nitrogen and oxygen atoms in total. The first-order valence-corrected chi connectivity index (χ1v) is 9.13. The lowest BCUT2D eigenvalue weighted by atomic mass is 10.1. The van der Waals surface area contributed by atoms with E-state index in [-0.39, 0.29) is 23.0 Å². The van der Waals surface area contributed by atoms with Gasteiger partial charge in [-0.1, -0.05) is 25.2 Å². The lowest BCUT2D eigenvalue weighted by Gasteiger charge is -2.07. The molecule has 0 bridgehead atoms. The normalized spacial score (nSPS) is 19.5. The van der Waals surface area contributed by atoms with Crippen LogP contribution in [0.3, 0.4) is 0 Å². The second kappa shape index (κ2) is 6.59. The molecule has 0 spiro atoms. The van der Waals surface area contributed by atoms with E-state index >= 15 is 0 Å². The molecule has 2 aromatic rings. The summed E-state index contributed by atoms with van der Waals surface area (Å²) in [6.07, 6.45) is 5.93. The Bertz CT molecular complexity index is 926. The van der Waals surface area contributed by atoms with Gasteiger partial charge in [0.1, 0.15) is 5.52 Å². The number of nitrogens with zero attached hydrogens (tertiary/aromatic N) is 2. The quantitative estimate of drug-likeness (QED) is 0.801. The molecule has 0 aromatic carbocycles. The van der Waals surface area contributed by atoms with Gasteiger partial charge >= 0.3 is 6.18 Å². The van der Waals surface area contributed by atoms with Gasteiger partial charge in [0.15, 0.2) is 0 Å². The number of oxazole rings is 1. The highest BCUT2D eigenvalue weighted by Gasteiger charge is 2.32. The van der Waals surface area contributed by atoms with Gasteiger partial charge in [-0.3, -0.25) is 4.21 Å². The van der Waals surface area contributed by atoms with Crippen molar-refractivity contribution in [2.45, 2.75) is 19.5 Å². The smallest absolute Gasteiger partial charge is 0.417 e. The number of allylic oxidation sites excluding steroid dienone is 5. The number of hydrogen-bond donors (Lipinski definition) is 0. The third-order valence-electron chi connectivity index (χ3n) is 3.84. The zero-order chi connectivity index (χ0) is 18.2. The zero-order valence-corrected chi connectivity index (χ0v) is 14.3. The van der Waals surface area contributed by atoms with Gasteiger partial charge in [0, 0.05) is 17.4 Å². The van der Waals surface area contributed by atoms with Gasteiger partial charge in [0.25, 0.3) is 0 Å². The first-order chi connectivity index (χ1) is 11.8. The number of hydrogen-bond acceptors (Lipinski definition) is 4. The van der Waals surface area contributed by atoms with Crippen molar-refractivity contribution >= 4 is 27.6 Å². The van der Waals surface area contributed by atoms with Crippen LogP contribution >= 0.6 is 0 Å². The summed E-state index contributed by atoms with van der Waals surface area (Å²) in [7, 11) is -1.30. The molecule has 0 amide bonds. The van der Waals surface area contributed by atoms with Gasteiger partial charge in [0.05, 0.1) is 21.9 Å². The van der Waals surface area contributed by atoms with Crippen LogP contribution < -0.4 is 0 Å². The van der Waals surface area contributed by atoms with Crippen LogP contribution in [0.1, 0.15) is 24.8 Å². The Morgan fingerprint density at radius 3 is 2.76 bits per heavy atom. The van der Waals surface area contributed by atoms with Gasteiger partial charge in [-0.25, -0.2) is 9.97 Å². The fourth-order valence-electron chi connectivity index (χ4n) is 2.49. The molecule has 132 valence electrons. The second-order valence-corrected chi connectivity index (χ2v) is 6.94. The van der Waals surface area contributed by atoms with Crippen molar-refractivity contribution in [3.63, 3.8) is 0 Å². The van der Waals surface area contributed by atoms with Gasteiger partial charge in [0.2, 0.25) is 11.6 Å². The molecule has 1 aliphatic carbocycles. The SMILES string of the molecule is CCC1C=CC=C(c2nc3cc(C(F)(F)F)cnc3o2)C(S(C)=O)=C1. The summed E-state index contributed by atoms with van der Waals surface area (Å²) >= 11 is 0. The summed E-state index contributed by atoms with van der Waals surface area (Å²) in [4.78, 5) is 8.37. The van der Waals surface area contributed by atoms with Crippen LogP contribution in [0.4, 0.5) is 13.2 Å². The summed E-state index contributed by atoms with van der Waals surface area (Å²) in [5.41, 5.74) is -0.396. The molecule has 2 heterocycles. The number of aromatic nitrogens is 2. The Morgan fingerprint density at radius 2 is 2.12 bits per heavy atom. The highest BCUT2D eigenvalue weighted by atomic mass is 32.2. The summed E-state index contributed by atoms with van der Waals surface area (Å²) in [6.45, 7) is 2.01. The fraction of sp³-hybridized carbons (Fsp3) is 0.294. The molecule has 1 aliphatic rings. The highest BCUT2D eigenvalue weighted by molar-refractivity contribution is 7.88. The average Bonchev–Trinajstić information content (AvgIpc) is 2.84. The first kappa shape index (κ1) is 17.6. The molecule has 2 unspecified atom stereocenters. The van der Waals surface area contributed by atoms with E-state index in [0.717, 1.165) is 12.5 Å². The third kappa shape index (κ3) is 3.58. The molecule has 0 fully saturated rings. The molecule has 2 aromatic heterocycles. The van der Waals surface area contributed by atoms with Crippen LogP contribution in [0, 0.1) is 5.92 Å². The van der Waals surface area contributed by atoms with Crippen molar-refractivity contribution in [2.75, 3.05) is 6.26 Å². The Balaban J connectivity index is 2.10. The van der Waals surface area contributed by atoms with Crippen LogP contribution in [0.2, 0.25) is 0 Å². The molecule has 2 atom stereocenters. The maximum Gasteiger partial charge on any atom is 0.417 e. The van der Waals surface area contributed by atoms with Gasteiger partial charge < -0.3 is 4.42 Å². The van der Waals surface area contributed by atoms with E-state index in [1.165, 1.54) is 0 Å². The minimum atomic E-state index is -4.51. The van der Waals surface area contributed by atoms with Crippen LogP contribution in [0.25, 0.3) is 16.8 Å². The van der Waals surface area contributed by atoms with Crippen LogP contribution in [0.5, 0.6) is 0 Å². The highest BCUT2D eigenvalue weighted by Crippen LogP contribution is 2.33. The largest absolute Gasteiger partial charge is 0.418 e. The maximum absolute atomic E-state index is 12.8. The van der Waals surface area contributed by atoms with E-state index in [2.05, 4.69) is 9.97 Å². The average molecular weight is 368 g/mol. The van der Waals surface area contributed by atoms with Crippen LogP contribution in [-0.4, -0.2) is 20.4 Å². The third-order valence-corrected chi connectivity index (χ3v) is 4.81. The maximum atomic E-state index is 12.8. The van der Waals surface area contributed by atoms with Crippen LogP contribution in [-0.2, 0) is 17.0 Å². The molecule has 0 N–H and O–H groups in total. The monoisotopic (exact) mass is 368 g/mol. The second-order valence-electron chi connectivity index (χ2n) is 5.59. The molecule has 0 saturated heterocycles. The molecule has 0 radical (unpaired) electrons. The molecule has 8 heteroatoms. The fourth-order valence-corrected chi connectivity index (χ4v) is 3.32. The molecule has 3 rings (SSSR count). The van der Waals surface area contributed by atoms with Gasteiger partial charge in [-0.2, -0.15) is 13.2 Å². The number of pyridine rings is 1. The molecule has 25 heavy (non-hydrogen) atoms. The van der Waals surface area contributed by atoms with Crippen LogP contribution in [0.15, 0.2) is 45.9 Å². The van der Waals surface area contributed by atoms with Crippen molar-refractivity contribution < 1.29 is 21.8 Å². The Morgan fingerprint density at radius 1 is 1.36 bits per heavy atom. The summed E-state index contributed by atoms with van der Waals surface area (Å²) in [5.74, 6) is 0.219. The number of fused-ring (bicyclic) bond motifs is 1. The van der Waals surface area contributed by atoms with Crippen molar-refractivity contribution in [2.24, 2.45) is 5.92 Å². The first-order valence-electron chi connectivity index (χ1n) is 7.58. The topological polar surface area (TPSA) is 56.0 Å². The lowest BCUT2D eigenvalue weighted by Crippen LogP contribution is -2.04. The van der Waals surface area contributed by atoms with Gasteiger partial charge in [-0.05, 0) is 24.5 Å². The summed E-state index contributed by atoms with van der Waals surface area (Å²) < 4.78 is 56.1. The van der Waals surface area contributed by atoms with Crippen molar-refractivity contribution in [1.29, 1.82) is 0 Å². The van der Waals surface area contributed by atoms with E-state index in [1.54, 1.807) is 12.3 Å². The minimum Gasteiger partial charge on any atom is -0.418 e. The number of halogens is 3. The molecule has 0 saturated carbocycles. The lowest BCUT2D eigenvalue weighted by molar-refractivity contribution is -0.137. The molecular weight excluding hydrogens is 353 g/mol. The minimum absolute atomic E-state index is 0.00500. The standard InChI is InChI=1S/C17H15F3N2O2S/c1-3-10-5-4-6-12(14(7-10)25(2)23)15-22-13-8-11(17(18,19)20)9-21-16(13)24-15/h4-10H,3H2,1-2H3. The Labute approximate surface area is 144 Å². The zero-order valence-electron chi connectivity index (χ0n) is 13.5.